The van der Waals surface area contributed by atoms with Crippen molar-refractivity contribution in [3.8, 4) is 0 Å². The molecule has 0 atom stereocenters. The van der Waals surface area contributed by atoms with Crippen LogP contribution < -0.4 is 10.9 Å². The van der Waals surface area contributed by atoms with Crippen LogP contribution in [0.3, 0.4) is 0 Å². The summed E-state index contributed by atoms with van der Waals surface area (Å²) in [6.07, 6.45) is 0.0536. The number of nitrogens with one attached hydrogen (secondary N) is 2. The Labute approximate surface area is 137 Å². The van der Waals surface area contributed by atoms with Crippen LogP contribution in [0.15, 0.2) is 48.5 Å². The van der Waals surface area contributed by atoms with Crippen LogP contribution in [0.25, 0.3) is 0 Å². The summed E-state index contributed by atoms with van der Waals surface area (Å²) < 4.78 is 0. The van der Waals surface area contributed by atoms with Crippen molar-refractivity contribution in [3.05, 3.63) is 70.2 Å². The molecule has 0 heterocycles. The van der Waals surface area contributed by atoms with Crippen LogP contribution >= 0.6 is 11.6 Å². The zero-order chi connectivity index (χ0) is 16.8. The van der Waals surface area contributed by atoms with Crippen molar-refractivity contribution in [1.82, 2.24) is 10.9 Å². The van der Waals surface area contributed by atoms with E-state index in [1.165, 1.54) is 24.3 Å². The fraction of sp³-hybridized carbons (Fsp3) is 0.0625. The van der Waals surface area contributed by atoms with E-state index in [9.17, 15) is 14.4 Å². The molecule has 0 aliphatic carbocycles. The number of carbonyl (C=O) groups excluding carboxylic acids is 2. The predicted octanol–water partition coefficient (Wildman–Crippen LogP) is 2.04. The summed E-state index contributed by atoms with van der Waals surface area (Å²) >= 11 is 5.75. The van der Waals surface area contributed by atoms with Gasteiger partial charge in [0.05, 0.1) is 17.5 Å². The molecule has 2 rings (SSSR count). The molecular formula is C16H13ClN2O4. The summed E-state index contributed by atoms with van der Waals surface area (Å²) in [5, 5.41) is 9.59. The second-order valence-corrected chi connectivity index (χ2v) is 5.09. The maximum atomic E-state index is 12.0. The molecule has 0 saturated carbocycles. The predicted molar refractivity (Wildman–Crippen MR) is 84.2 cm³/mol. The molecule has 6 nitrogen and oxygen atoms in total. The molecule has 0 aliphatic heterocycles. The van der Waals surface area contributed by atoms with Gasteiger partial charge in [-0.1, -0.05) is 35.9 Å². The van der Waals surface area contributed by atoms with Crippen LogP contribution in [0, 0.1) is 0 Å². The highest BCUT2D eigenvalue weighted by Gasteiger charge is 2.16. The smallest absolute Gasteiger partial charge is 0.336 e. The van der Waals surface area contributed by atoms with Gasteiger partial charge < -0.3 is 5.11 Å². The minimum atomic E-state index is -1.22. The molecule has 0 aliphatic rings. The molecule has 2 aromatic carbocycles. The maximum Gasteiger partial charge on any atom is 0.336 e. The summed E-state index contributed by atoms with van der Waals surface area (Å²) in [6.45, 7) is 0. The van der Waals surface area contributed by atoms with E-state index in [4.69, 9.17) is 16.7 Å². The van der Waals surface area contributed by atoms with Crippen LogP contribution in [-0.4, -0.2) is 22.9 Å². The van der Waals surface area contributed by atoms with Crippen LogP contribution in [0.4, 0.5) is 0 Å². The Hall–Kier alpha value is -2.86. The molecule has 7 heteroatoms. The number of carbonyl (C=O) groups is 3. The fourth-order valence-corrected chi connectivity index (χ4v) is 2.02. The Morgan fingerprint density at radius 1 is 0.913 bits per heavy atom. The first-order valence-electron chi connectivity index (χ1n) is 6.63. The normalized spacial score (nSPS) is 9.96. The molecule has 0 radical (unpaired) electrons. The second kappa shape index (κ2) is 7.42. The van der Waals surface area contributed by atoms with E-state index < -0.39 is 17.8 Å². The van der Waals surface area contributed by atoms with Crippen molar-refractivity contribution in [3.63, 3.8) is 0 Å². The first kappa shape index (κ1) is 16.5. The van der Waals surface area contributed by atoms with Gasteiger partial charge in [0.25, 0.3) is 5.91 Å². The van der Waals surface area contributed by atoms with Gasteiger partial charge in [-0.2, -0.15) is 0 Å². The standard InChI is InChI=1S/C16H13ClN2O4/c17-11-7-5-10(6-8-11)9-14(20)18-19-15(21)12-3-1-2-4-13(12)16(22)23/h1-8H,9H2,(H,18,20)(H,19,21)(H,22,23). The van der Waals surface area contributed by atoms with Crippen molar-refractivity contribution in [2.24, 2.45) is 0 Å². The largest absolute Gasteiger partial charge is 0.478 e. The Balaban J connectivity index is 1.95. The molecule has 0 spiro atoms. The highest BCUT2D eigenvalue weighted by Crippen LogP contribution is 2.10. The zero-order valence-electron chi connectivity index (χ0n) is 11.9. The van der Waals surface area contributed by atoms with Crippen molar-refractivity contribution >= 4 is 29.4 Å². The quantitative estimate of drug-likeness (QED) is 0.747. The van der Waals surface area contributed by atoms with E-state index in [2.05, 4.69) is 10.9 Å². The third-order valence-corrected chi connectivity index (χ3v) is 3.25. The third kappa shape index (κ3) is 4.55. The maximum absolute atomic E-state index is 12.0. The van der Waals surface area contributed by atoms with Crippen molar-refractivity contribution in [1.29, 1.82) is 0 Å². The summed E-state index contributed by atoms with van der Waals surface area (Å²) in [5.74, 6) is -2.36. The Kier molecular flexibility index (Phi) is 5.32. The number of hydrogen-bond acceptors (Lipinski definition) is 3. The van der Waals surface area contributed by atoms with Crippen LogP contribution in [0.5, 0.6) is 0 Å². The summed E-state index contributed by atoms with van der Waals surface area (Å²) in [4.78, 5) is 34.8. The van der Waals surface area contributed by atoms with E-state index in [1.54, 1.807) is 24.3 Å². The topological polar surface area (TPSA) is 95.5 Å². The Morgan fingerprint density at radius 2 is 1.52 bits per heavy atom. The zero-order valence-corrected chi connectivity index (χ0v) is 12.6. The van der Waals surface area contributed by atoms with Crippen LogP contribution in [0.2, 0.25) is 5.02 Å². The number of benzene rings is 2. The van der Waals surface area contributed by atoms with Gasteiger partial charge in [0.1, 0.15) is 0 Å². The molecule has 2 aromatic rings. The molecule has 118 valence electrons. The molecule has 3 N–H and O–H groups in total. The number of halogens is 1. The molecule has 0 fully saturated rings. The molecule has 0 aromatic heterocycles. The minimum Gasteiger partial charge on any atom is -0.478 e. The van der Waals surface area contributed by atoms with E-state index >= 15 is 0 Å². The van der Waals surface area contributed by atoms with Gasteiger partial charge >= 0.3 is 5.97 Å². The van der Waals surface area contributed by atoms with E-state index in [1.807, 2.05) is 0 Å². The van der Waals surface area contributed by atoms with Crippen LogP contribution in [0.1, 0.15) is 26.3 Å². The average molecular weight is 333 g/mol. The highest BCUT2D eigenvalue weighted by molar-refractivity contribution is 6.30. The second-order valence-electron chi connectivity index (χ2n) is 4.66. The lowest BCUT2D eigenvalue weighted by atomic mass is 10.1. The van der Waals surface area contributed by atoms with E-state index in [-0.39, 0.29) is 17.5 Å². The van der Waals surface area contributed by atoms with E-state index in [0.717, 1.165) is 5.56 Å². The third-order valence-electron chi connectivity index (χ3n) is 3.00. The highest BCUT2D eigenvalue weighted by atomic mass is 35.5. The molecule has 2 amide bonds. The summed E-state index contributed by atoms with van der Waals surface area (Å²) in [6, 6.07) is 12.4. The Bertz CT molecular complexity index is 744. The number of carboxylic acid groups (broad SMARTS) is 1. The number of carboxylic acids is 1. The van der Waals surface area contributed by atoms with Crippen molar-refractivity contribution in [2.45, 2.75) is 6.42 Å². The fourth-order valence-electron chi connectivity index (χ4n) is 1.89. The number of hydrogen-bond donors (Lipinski definition) is 3. The number of hydrazine groups is 1. The first-order valence-corrected chi connectivity index (χ1v) is 7.01. The molecular weight excluding hydrogens is 320 g/mol. The van der Waals surface area contributed by atoms with Crippen molar-refractivity contribution < 1.29 is 19.5 Å². The lowest BCUT2D eigenvalue weighted by Gasteiger charge is -2.09. The average Bonchev–Trinajstić information content (AvgIpc) is 2.54. The monoisotopic (exact) mass is 332 g/mol. The molecule has 0 bridgehead atoms. The van der Waals surface area contributed by atoms with Crippen LogP contribution in [-0.2, 0) is 11.2 Å². The molecule has 0 saturated heterocycles. The van der Waals surface area contributed by atoms with E-state index in [0.29, 0.717) is 5.02 Å². The molecule has 0 unspecified atom stereocenters. The minimum absolute atomic E-state index is 0.0354. The van der Waals surface area contributed by atoms with Gasteiger partial charge in [-0.3, -0.25) is 20.4 Å². The number of rotatable bonds is 4. The molecule has 23 heavy (non-hydrogen) atoms. The number of aromatic carboxylic acids is 1. The van der Waals surface area contributed by atoms with Gasteiger partial charge in [0, 0.05) is 5.02 Å². The van der Waals surface area contributed by atoms with Gasteiger partial charge in [0.2, 0.25) is 5.91 Å². The Morgan fingerprint density at radius 3 is 2.13 bits per heavy atom. The summed E-state index contributed by atoms with van der Waals surface area (Å²) in [5.41, 5.74) is 5.00. The van der Waals surface area contributed by atoms with Crippen molar-refractivity contribution in [2.75, 3.05) is 0 Å². The summed E-state index contributed by atoms with van der Waals surface area (Å²) in [7, 11) is 0. The lowest BCUT2D eigenvalue weighted by Crippen LogP contribution is -2.42. The lowest BCUT2D eigenvalue weighted by molar-refractivity contribution is -0.121. The van der Waals surface area contributed by atoms with Gasteiger partial charge in [-0.15, -0.1) is 0 Å². The number of amides is 2. The van der Waals surface area contributed by atoms with Gasteiger partial charge in [-0.25, -0.2) is 4.79 Å². The first-order chi connectivity index (χ1) is 11.0. The SMILES string of the molecule is O=C(Cc1ccc(Cl)cc1)NNC(=O)c1ccccc1C(=O)O. The van der Waals surface area contributed by atoms with Gasteiger partial charge in [-0.05, 0) is 29.8 Å². The van der Waals surface area contributed by atoms with Gasteiger partial charge in [0.15, 0.2) is 0 Å².